The van der Waals surface area contributed by atoms with Crippen molar-refractivity contribution in [1.82, 2.24) is 0 Å². The Kier molecular flexibility index (Phi) is 5.95. The average Bonchev–Trinajstić information content (AvgIpc) is 2.70. The fourth-order valence-electron chi connectivity index (χ4n) is 6.09. The van der Waals surface area contributed by atoms with Crippen LogP contribution in [0.4, 0.5) is 0 Å². The van der Waals surface area contributed by atoms with E-state index >= 15 is 0 Å². The Morgan fingerprint density at radius 3 is 1.68 bits per heavy atom. The molecule has 0 atom stereocenters. The maximum atomic E-state index is 2.50. The van der Waals surface area contributed by atoms with E-state index in [2.05, 4.69) is 64.1 Å². The Morgan fingerprint density at radius 1 is 0.643 bits per heavy atom. The maximum absolute atomic E-state index is 2.50. The standard InChI is InChI=1S/C28H38/c1-19-5-9-23(10-6-19)24-13-15-25(16-14-24)27-17-21(3)28(22(4)18-27)26-11-7-20(2)8-12-26/h7-8,11-12,17-19,23-25H,5-6,9-10,13-16H2,1-4H3. The van der Waals surface area contributed by atoms with Gasteiger partial charge in [-0.3, -0.25) is 0 Å². The Bertz CT molecular complexity index is 758. The Balaban J connectivity index is 1.45. The van der Waals surface area contributed by atoms with Gasteiger partial charge in [-0.05, 0) is 111 Å². The highest BCUT2D eigenvalue weighted by Gasteiger charge is 2.30. The molecule has 0 saturated heterocycles. The normalized spacial score (nSPS) is 28.3. The molecular weight excluding hydrogens is 336 g/mol. The lowest BCUT2D eigenvalue weighted by molar-refractivity contribution is 0.165. The van der Waals surface area contributed by atoms with Crippen LogP contribution in [0, 0.1) is 38.5 Å². The van der Waals surface area contributed by atoms with Crippen LogP contribution in [0.3, 0.4) is 0 Å². The Hall–Kier alpha value is -1.56. The molecule has 2 saturated carbocycles. The predicted octanol–water partition coefficient (Wildman–Crippen LogP) is 8.38. The van der Waals surface area contributed by atoms with Crippen LogP contribution >= 0.6 is 0 Å². The lowest BCUT2D eigenvalue weighted by atomic mass is 9.68. The van der Waals surface area contributed by atoms with Crippen LogP contribution in [0.1, 0.15) is 86.5 Å². The highest BCUT2D eigenvalue weighted by molar-refractivity contribution is 5.71. The zero-order valence-corrected chi connectivity index (χ0v) is 18.4. The molecule has 0 heterocycles. The summed E-state index contributed by atoms with van der Waals surface area (Å²) in [6.07, 6.45) is 11.7. The summed E-state index contributed by atoms with van der Waals surface area (Å²) < 4.78 is 0. The van der Waals surface area contributed by atoms with Crippen molar-refractivity contribution in [3.05, 3.63) is 58.7 Å². The summed E-state index contributed by atoms with van der Waals surface area (Å²) in [4.78, 5) is 0. The largest absolute Gasteiger partial charge is 0.0625 e. The summed E-state index contributed by atoms with van der Waals surface area (Å²) in [7, 11) is 0. The zero-order valence-electron chi connectivity index (χ0n) is 18.4. The molecule has 0 aromatic heterocycles. The van der Waals surface area contributed by atoms with Gasteiger partial charge in [0.05, 0.1) is 0 Å². The lowest BCUT2D eigenvalue weighted by Gasteiger charge is -2.37. The topological polar surface area (TPSA) is 0 Å². The van der Waals surface area contributed by atoms with Crippen molar-refractivity contribution in [3.8, 4) is 11.1 Å². The molecule has 0 nitrogen and oxygen atoms in total. The van der Waals surface area contributed by atoms with Crippen molar-refractivity contribution in [3.63, 3.8) is 0 Å². The molecule has 2 aliphatic carbocycles. The number of hydrogen-bond donors (Lipinski definition) is 0. The van der Waals surface area contributed by atoms with Gasteiger partial charge in [-0.1, -0.05) is 61.7 Å². The van der Waals surface area contributed by atoms with Crippen molar-refractivity contribution in [2.24, 2.45) is 17.8 Å². The summed E-state index contributed by atoms with van der Waals surface area (Å²) >= 11 is 0. The molecule has 2 aliphatic rings. The molecular formula is C28H38. The van der Waals surface area contributed by atoms with Gasteiger partial charge < -0.3 is 0 Å². The van der Waals surface area contributed by atoms with Crippen molar-refractivity contribution < 1.29 is 0 Å². The van der Waals surface area contributed by atoms with E-state index in [1.54, 1.807) is 5.56 Å². The SMILES string of the molecule is Cc1ccc(-c2c(C)cc(C3CCC(C4CCC(C)CC4)CC3)cc2C)cc1. The van der Waals surface area contributed by atoms with Crippen LogP contribution in [0.25, 0.3) is 11.1 Å². The van der Waals surface area contributed by atoms with Crippen LogP contribution in [0.5, 0.6) is 0 Å². The molecule has 28 heavy (non-hydrogen) atoms. The second kappa shape index (κ2) is 8.44. The smallest absolute Gasteiger partial charge is 0.0125 e. The van der Waals surface area contributed by atoms with Gasteiger partial charge in [0.15, 0.2) is 0 Å². The maximum Gasteiger partial charge on any atom is -0.0125 e. The molecule has 0 spiro atoms. The van der Waals surface area contributed by atoms with Gasteiger partial charge in [0.1, 0.15) is 0 Å². The van der Waals surface area contributed by atoms with E-state index < -0.39 is 0 Å². The van der Waals surface area contributed by atoms with Gasteiger partial charge in [-0.25, -0.2) is 0 Å². The molecule has 0 unspecified atom stereocenters. The molecule has 0 N–H and O–H groups in total. The highest BCUT2D eigenvalue weighted by Crippen LogP contribution is 2.44. The number of hydrogen-bond acceptors (Lipinski definition) is 0. The van der Waals surface area contributed by atoms with Crippen LogP contribution in [-0.4, -0.2) is 0 Å². The second-order valence-corrected chi connectivity index (χ2v) is 10.0. The van der Waals surface area contributed by atoms with E-state index in [-0.39, 0.29) is 0 Å². The van der Waals surface area contributed by atoms with Gasteiger partial charge in [0.25, 0.3) is 0 Å². The number of rotatable bonds is 3. The predicted molar refractivity (Wildman–Crippen MR) is 122 cm³/mol. The molecule has 2 aromatic carbocycles. The van der Waals surface area contributed by atoms with Crippen LogP contribution < -0.4 is 0 Å². The molecule has 2 fully saturated rings. The molecule has 0 radical (unpaired) electrons. The van der Waals surface area contributed by atoms with Gasteiger partial charge >= 0.3 is 0 Å². The minimum atomic E-state index is 0.781. The summed E-state index contributed by atoms with van der Waals surface area (Å²) in [5.74, 6) is 3.80. The van der Waals surface area contributed by atoms with Crippen LogP contribution in [-0.2, 0) is 0 Å². The van der Waals surface area contributed by atoms with Gasteiger partial charge in [0.2, 0.25) is 0 Å². The fraction of sp³-hybridized carbons (Fsp3) is 0.571. The first-order valence-electron chi connectivity index (χ1n) is 11.7. The first kappa shape index (κ1) is 19.7. The van der Waals surface area contributed by atoms with Gasteiger partial charge in [-0.2, -0.15) is 0 Å². The Morgan fingerprint density at radius 2 is 1.14 bits per heavy atom. The number of aryl methyl sites for hydroxylation is 3. The van der Waals surface area contributed by atoms with Crippen molar-refractivity contribution in [2.45, 2.75) is 85.0 Å². The van der Waals surface area contributed by atoms with E-state index in [9.17, 15) is 0 Å². The summed E-state index contributed by atoms with van der Waals surface area (Å²) in [6, 6.07) is 14.0. The highest BCUT2D eigenvalue weighted by atomic mass is 14.4. The monoisotopic (exact) mass is 374 g/mol. The van der Waals surface area contributed by atoms with Crippen LogP contribution in [0.2, 0.25) is 0 Å². The van der Waals surface area contributed by atoms with Crippen LogP contribution in [0.15, 0.2) is 36.4 Å². The minimum absolute atomic E-state index is 0.781. The molecule has 2 aromatic rings. The van der Waals surface area contributed by atoms with Crippen molar-refractivity contribution >= 4 is 0 Å². The van der Waals surface area contributed by atoms with E-state index in [0.29, 0.717) is 0 Å². The fourth-order valence-corrected chi connectivity index (χ4v) is 6.09. The summed E-state index contributed by atoms with van der Waals surface area (Å²) in [5.41, 5.74) is 8.63. The minimum Gasteiger partial charge on any atom is -0.0625 e. The lowest BCUT2D eigenvalue weighted by Crippen LogP contribution is -2.24. The average molecular weight is 375 g/mol. The molecule has 150 valence electrons. The van der Waals surface area contributed by atoms with Crippen molar-refractivity contribution in [1.29, 1.82) is 0 Å². The molecule has 0 heteroatoms. The summed E-state index contributed by atoms with van der Waals surface area (Å²) in [5, 5.41) is 0. The molecule has 0 bridgehead atoms. The summed E-state index contributed by atoms with van der Waals surface area (Å²) in [6.45, 7) is 9.22. The van der Waals surface area contributed by atoms with Crippen molar-refractivity contribution in [2.75, 3.05) is 0 Å². The van der Waals surface area contributed by atoms with E-state index in [4.69, 9.17) is 0 Å². The van der Waals surface area contributed by atoms with E-state index in [1.165, 1.54) is 79.2 Å². The molecule has 0 aliphatic heterocycles. The van der Waals surface area contributed by atoms with E-state index in [0.717, 1.165) is 23.7 Å². The first-order chi connectivity index (χ1) is 13.5. The van der Waals surface area contributed by atoms with Gasteiger partial charge in [-0.15, -0.1) is 0 Å². The second-order valence-electron chi connectivity index (χ2n) is 10.0. The third kappa shape index (κ3) is 4.22. The molecule has 0 amide bonds. The quantitative estimate of drug-likeness (QED) is 0.506. The Labute approximate surface area is 172 Å². The molecule has 4 rings (SSSR count). The zero-order chi connectivity index (χ0) is 19.7. The third-order valence-corrected chi connectivity index (χ3v) is 7.87. The number of benzene rings is 2. The van der Waals surface area contributed by atoms with Gasteiger partial charge in [0, 0.05) is 0 Å². The van der Waals surface area contributed by atoms with E-state index in [1.807, 2.05) is 0 Å². The first-order valence-corrected chi connectivity index (χ1v) is 11.7. The third-order valence-electron chi connectivity index (χ3n) is 7.87.